The molecular formula is C24H27ClN2O4. The average molecular weight is 443 g/mol. The van der Waals surface area contributed by atoms with Crippen molar-refractivity contribution >= 4 is 29.2 Å². The van der Waals surface area contributed by atoms with Gasteiger partial charge in [0.1, 0.15) is 11.9 Å². The molecule has 3 rings (SSSR count). The van der Waals surface area contributed by atoms with Gasteiger partial charge in [0.15, 0.2) is 5.75 Å². The number of halogens is 1. The number of ether oxygens (including phenoxy) is 2. The topological polar surface area (TPSA) is 81.9 Å². The van der Waals surface area contributed by atoms with Crippen molar-refractivity contribution in [1.29, 1.82) is 0 Å². The summed E-state index contributed by atoms with van der Waals surface area (Å²) >= 11 is 6.20. The molecule has 0 saturated carbocycles. The van der Waals surface area contributed by atoms with Gasteiger partial charge in [-0.1, -0.05) is 49.6 Å². The Morgan fingerprint density at radius 2 is 2.03 bits per heavy atom. The van der Waals surface area contributed by atoms with Crippen LogP contribution in [-0.2, 0) is 20.9 Å². The van der Waals surface area contributed by atoms with E-state index in [0.29, 0.717) is 35.2 Å². The molecule has 0 radical (unpaired) electrons. The Hall–Kier alpha value is -2.83. The molecule has 31 heavy (non-hydrogen) atoms. The fourth-order valence-corrected chi connectivity index (χ4v) is 3.55. The highest BCUT2D eigenvalue weighted by Crippen LogP contribution is 2.40. The first-order valence-corrected chi connectivity index (χ1v) is 10.8. The molecular weight excluding hydrogens is 416 g/mol. The molecule has 6 nitrogen and oxygen atoms in total. The van der Waals surface area contributed by atoms with E-state index in [9.17, 15) is 9.59 Å². The van der Waals surface area contributed by atoms with Crippen molar-refractivity contribution < 1.29 is 19.1 Å². The lowest BCUT2D eigenvalue weighted by atomic mass is 10.1. The zero-order valence-electron chi connectivity index (χ0n) is 17.6. The van der Waals surface area contributed by atoms with Crippen molar-refractivity contribution in [2.45, 2.75) is 45.3 Å². The van der Waals surface area contributed by atoms with E-state index in [1.54, 1.807) is 29.2 Å². The number of unbranched alkanes of at least 4 members (excludes halogenated alkanes) is 2. The van der Waals surface area contributed by atoms with Gasteiger partial charge in [0, 0.05) is 16.7 Å². The number of benzene rings is 2. The van der Waals surface area contributed by atoms with E-state index in [2.05, 4.69) is 6.92 Å². The third-order valence-electron chi connectivity index (χ3n) is 4.99. The molecule has 2 aromatic rings. The highest BCUT2D eigenvalue weighted by molar-refractivity contribution is 6.31. The van der Waals surface area contributed by atoms with Crippen LogP contribution in [0.3, 0.4) is 0 Å². The molecule has 1 atom stereocenters. The minimum absolute atomic E-state index is 0.196. The van der Waals surface area contributed by atoms with Gasteiger partial charge in [-0.15, -0.1) is 0 Å². The summed E-state index contributed by atoms with van der Waals surface area (Å²) < 4.78 is 11.4. The number of para-hydroxylation sites is 1. The summed E-state index contributed by atoms with van der Waals surface area (Å²) in [7, 11) is 0. The molecule has 0 saturated heterocycles. The molecule has 164 valence electrons. The molecule has 0 aromatic heterocycles. The molecule has 0 fully saturated rings. The Labute approximate surface area is 187 Å². The van der Waals surface area contributed by atoms with E-state index in [-0.39, 0.29) is 12.5 Å². The van der Waals surface area contributed by atoms with E-state index < -0.39 is 12.1 Å². The van der Waals surface area contributed by atoms with Gasteiger partial charge in [0.25, 0.3) is 5.91 Å². The Kier molecular flexibility index (Phi) is 8.09. The summed E-state index contributed by atoms with van der Waals surface area (Å²) in [6.45, 7) is 2.23. The lowest BCUT2D eigenvalue weighted by molar-refractivity contribution is -0.145. The maximum atomic E-state index is 13.2. The molecule has 0 aliphatic carbocycles. The first-order valence-electron chi connectivity index (χ1n) is 10.5. The van der Waals surface area contributed by atoms with Crippen molar-refractivity contribution in [1.82, 2.24) is 0 Å². The fraction of sp³-hybridized carbons (Fsp3) is 0.333. The Morgan fingerprint density at radius 3 is 2.81 bits per heavy atom. The maximum absolute atomic E-state index is 13.2. The molecule has 1 aliphatic heterocycles. The van der Waals surface area contributed by atoms with Gasteiger partial charge in [-0.2, -0.15) is 0 Å². The van der Waals surface area contributed by atoms with Crippen molar-refractivity contribution in [2.75, 3.05) is 11.4 Å². The highest BCUT2D eigenvalue weighted by Gasteiger charge is 2.25. The standard InChI is InChI=1S/C24H27ClN2O4/c1-2-3-4-8-19(30-24(29)15-26)11-13-23(28)27-16-17-7-5-6-9-21(17)31-22-12-10-18(25)14-20(22)27/h5-7,9-14,19H,2-4,8,15-16,26H2,1H3/b13-11+. The van der Waals surface area contributed by atoms with E-state index in [0.717, 1.165) is 24.8 Å². The molecule has 0 spiro atoms. The van der Waals surface area contributed by atoms with Gasteiger partial charge in [-0.25, -0.2) is 0 Å². The van der Waals surface area contributed by atoms with Gasteiger partial charge in [0.05, 0.1) is 18.8 Å². The SMILES string of the molecule is CCCCCC(/C=C/C(=O)N1Cc2ccccc2Oc2ccc(Cl)cc21)OC(=O)CN. The Morgan fingerprint density at radius 1 is 1.23 bits per heavy atom. The number of nitrogens with zero attached hydrogens (tertiary/aromatic N) is 1. The minimum Gasteiger partial charge on any atom is -0.457 e. The van der Waals surface area contributed by atoms with Crippen LogP contribution >= 0.6 is 11.6 Å². The predicted octanol–water partition coefficient (Wildman–Crippen LogP) is 4.99. The zero-order chi connectivity index (χ0) is 22.2. The summed E-state index contributed by atoms with van der Waals surface area (Å²) in [5.74, 6) is 0.491. The lowest BCUT2D eigenvalue weighted by Crippen LogP contribution is -2.29. The number of esters is 1. The smallest absolute Gasteiger partial charge is 0.320 e. The summed E-state index contributed by atoms with van der Waals surface area (Å²) in [5.41, 5.74) is 6.84. The van der Waals surface area contributed by atoms with Crippen LogP contribution in [0.1, 0.15) is 38.2 Å². The van der Waals surface area contributed by atoms with Crippen LogP contribution in [0.2, 0.25) is 5.02 Å². The van der Waals surface area contributed by atoms with Crippen molar-refractivity contribution in [2.24, 2.45) is 5.73 Å². The number of carbonyl (C=O) groups excluding carboxylic acids is 2. The number of carbonyl (C=O) groups is 2. The number of anilines is 1. The van der Waals surface area contributed by atoms with Crippen LogP contribution in [0, 0.1) is 0 Å². The molecule has 1 aliphatic rings. The van der Waals surface area contributed by atoms with Gasteiger partial charge in [-0.05, 0) is 43.2 Å². The van der Waals surface area contributed by atoms with Gasteiger partial charge < -0.3 is 20.1 Å². The van der Waals surface area contributed by atoms with Gasteiger partial charge in [-0.3, -0.25) is 9.59 Å². The van der Waals surface area contributed by atoms with E-state index in [1.165, 1.54) is 6.08 Å². The van der Waals surface area contributed by atoms with E-state index >= 15 is 0 Å². The second-order valence-electron chi connectivity index (χ2n) is 7.33. The third-order valence-corrected chi connectivity index (χ3v) is 5.23. The first kappa shape index (κ1) is 22.8. The molecule has 2 N–H and O–H groups in total. The highest BCUT2D eigenvalue weighted by atomic mass is 35.5. The fourth-order valence-electron chi connectivity index (χ4n) is 3.38. The van der Waals surface area contributed by atoms with Crippen LogP contribution in [0.5, 0.6) is 11.5 Å². The van der Waals surface area contributed by atoms with Crippen LogP contribution < -0.4 is 15.4 Å². The summed E-state index contributed by atoms with van der Waals surface area (Å²) in [4.78, 5) is 26.5. The molecule has 0 bridgehead atoms. The zero-order valence-corrected chi connectivity index (χ0v) is 18.3. The maximum Gasteiger partial charge on any atom is 0.320 e. The Bertz CT molecular complexity index is 960. The largest absolute Gasteiger partial charge is 0.457 e. The van der Waals surface area contributed by atoms with Gasteiger partial charge >= 0.3 is 5.97 Å². The van der Waals surface area contributed by atoms with Crippen LogP contribution in [0.4, 0.5) is 5.69 Å². The van der Waals surface area contributed by atoms with Crippen molar-refractivity contribution in [3.63, 3.8) is 0 Å². The summed E-state index contributed by atoms with van der Waals surface area (Å²) in [6.07, 6.45) is 6.17. The Balaban J connectivity index is 1.86. The number of hydrogen-bond acceptors (Lipinski definition) is 5. The van der Waals surface area contributed by atoms with Crippen LogP contribution in [0.15, 0.2) is 54.6 Å². The van der Waals surface area contributed by atoms with Gasteiger partial charge in [0.2, 0.25) is 0 Å². The molecule has 1 heterocycles. The quantitative estimate of drug-likeness (QED) is 0.354. The minimum atomic E-state index is -0.499. The van der Waals surface area contributed by atoms with Crippen molar-refractivity contribution in [3.8, 4) is 11.5 Å². The molecule has 1 unspecified atom stereocenters. The second kappa shape index (κ2) is 11.0. The second-order valence-corrected chi connectivity index (χ2v) is 7.77. The van der Waals surface area contributed by atoms with Crippen LogP contribution in [-0.4, -0.2) is 24.5 Å². The summed E-state index contributed by atoms with van der Waals surface area (Å²) in [5, 5.41) is 0.504. The van der Waals surface area contributed by atoms with E-state index in [4.69, 9.17) is 26.8 Å². The number of hydrogen-bond donors (Lipinski definition) is 1. The number of nitrogens with two attached hydrogens (primary N) is 1. The number of fused-ring (bicyclic) bond motifs is 2. The number of rotatable bonds is 8. The normalized spacial score (nSPS) is 13.7. The average Bonchev–Trinajstić information content (AvgIpc) is 2.93. The molecule has 1 amide bonds. The van der Waals surface area contributed by atoms with E-state index in [1.807, 2.05) is 24.3 Å². The molecule has 7 heteroatoms. The predicted molar refractivity (Wildman–Crippen MR) is 121 cm³/mol. The van der Waals surface area contributed by atoms with Crippen LogP contribution in [0.25, 0.3) is 0 Å². The first-order chi connectivity index (χ1) is 15.0. The third kappa shape index (κ3) is 6.09. The summed E-state index contributed by atoms with van der Waals surface area (Å²) in [6, 6.07) is 12.8. The lowest BCUT2D eigenvalue weighted by Gasteiger charge is -2.21. The number of amides is 1. The molecule has 2 aromatic carbocycles. The monoisotopic (exact) mass is 442 g/mol. The van der Waals surface area contributed by atoms with Crippen molar-refractivity contribution in [3.05, 3.63) is 65.2 Å².